The zero-order chi connectivity index (χ0) is 28.1. The van der Waals surface area contributed by atoms with Crippen LogP contribution in [0.5, 0.6) is 0 Å². The fourth-order valence-corrected chi connectivity index (χ4v) is 4.45. The van der Waals surface area contributed by atoms with Crippen LogP contribution in [-0.4, -0.2) is 69.6 Å². The molecule has 2 atom stereocenters. The summed E-state index contributed by atoms with van der Waals surface area (Å²) in [5, 5.41) is 0. The summed E-state index contributed by atoms with van der Waals surface area (Å²) in [4.78, 5) is 45.9. The normalized spacial score (nSPS) is 19.1. The van der Waals surface area contributed by atoms with Crippen LogP contribution in [0.3, 0.4) is 0 Å². The summed E-state index contributed by atoms with van der Waals surface area (Å²) in [5.74, 6) is -0.0522. The van der Waals surface area contributed by atoms with Gasteiger partial charge in [0.15, 0.2) is 11.2 Å². The third-order valence-electron chi connectivity index (χ3n) is 5.35. The van der Waals surface area contributed by atoms with Gasteiger partial charge in [0.2, 0.25) is 19.5 Å². The number of ether oxygens (including phenoxy) is 5. The van der Waals surface area contributed by atoms with Gasteiger partial charge in [0, 0.05) is 0 Å². The molecule has 0 saturated heterocycles. The van der Waals surface area contributed by atoms with Crippen LogP contribution < -0.4 is 11.3 Å². The number of nitrogens with two attached hydrogens (primary N) is 1. The van der Waals surface area contributed by atoms with E-state index in [1.165, 1.54) is 6.33 Å². The first kappa shape index (κ1) is 29.4. The van der Waals surface area contributed by atoms with Crippen molar-refractivity contribution in [1.82, 2.24) is 19.5 Å². The molecule has 2 heterocycles. The second kappa shape index (κ2) is 12.1. The number of fused-ring (bicyclic) bond motifs is 1. The fraction of sp³-hybridized carbons (Fsp3) is 0.667. The maximum absolute atomic E-state index is 13.4. The summed E-state index contributed by atoms with van der Waals surface area (Å²) < 4.78 is 50.6. The Balaban J connectivity index is 1.67. The molecule has 0 aliphatic heterocycles. The number of nitrogens with zero attached hydrogens (tertiary/aromatic N) is 3. The number of rotatable bonds is 13. The second-order valence-corrected chi connectivity index (χ2v) is 11.2. The molecular weight excluding hydrogens is 529 g/mol. The average Bonchev–Trinajstić information content (AvgIpc) is 3.24. The molecular formula is C21H32N5O11P. The molecule has 0 amide bonds. The van der Waals surface area contributed by atoms with Crippen molar-refractivity contribution in [3.05, 3.63) is 16.7 Å². The van der Waals surface area contributed by atoms with Gasteiger partial charge in [0.1, 0.15) is 6.35 Å². The van der Waals surface area contributed by atoms with Crippen LogP contribution in [0.25, 0.3) is 11.2 Å². The van der Waals surface area contributed by atoms with Crippen molar-refractivity contribution in [3.63, 3.8) is 0 Å². The second-order valence-electron chi connectivity index (χ2n) is 9.17. The Morgan fingerprint density at radius 2 is 1.71 bits per heavy atom. The van der Waals surface area contributed by atoms with Gasteiger partial charge in [-0.1, -0.05) is 6.92 Å². The summed E-state index contributed by atoms with van der Waals surface area (Å²) in [6.07, 6.45) is -1.53. The molecule has 2 aromatic rings. The van der Waals surface area contributed by atoms with E-state index in [1.54, 1.807) is 32.3 Å². The number of carbonyl (C=O) groups is 2. The van der Waals surface area contributed by atoms with Gasteiger partial charge in [-0.15, -0.1) is 0 Å². The monoisotopic (exact) mass is 561 g/mol. The maximum atomic E-state index is 13.4. The van der Waals surface area contributed by atoms with E-state index < -0.39 is 63.2 Å². The smallest absolute Gasteiger partial charge is 0.432 e. The topological polar surface area (TPSA) is 205 Å². The Morgan fingerprint density at radius 3 is 2.21 bits per heavy atom. The number of hydrogen-bond acceptors (Lipinski definition) is 14. The lowest BCUT2D eigenvalue weighted by Gasteiger charge is -2.23. The van der Waals surface area contributed by atoms with Crippen LogP contribution in [-0.2, 0) is 43.8 Å². The van der Waals surface area contributed by atoms with Gasteiger partial charge in [0.25, 0.3) is 5.56 Å². The molecule has 16 nitrogen and oxygen atoms in total. The summed E-state index contributed by atoms with van der Waals surface area (Å²) >= 11 is 0. The lowest BCUT2D eigenvalue weighted by atomic mass is 10.2. The SMILES string of the molecule is CC(C)OC(=O)OCOP(=O)(COC1(Cn2cnc3c(=O)[nH]c(N)nc32)CC1C)OCOC(=O)OC(C)C. The van der Waals surface area contributed by atoms with Crippen molar-refractivity contribution in [1.29, 1.82) is 0 Å². The number of nitrogens with one attached hydrogen (secondary N) is 1. The first-order valence-electron chi connectivity index (χ1n) is 11.7. The Bertz CT molecular complexity index is 1210. The van der Waals surface area contributed by atoms with Gasteiger partial charge in [0.05, 0.1) is 30.7 Å². The van der Waals surface area contributed by atoms with Crippen LogP contribution >= 0.6 is 7.60 Å². The molecule has 2 aromatic heterocycles. The Kier molecular flexibility index (Phi) is 9.35. The zero-order valence-corrected chi connectivity index (χ0v) is 22.6. The van der Waals surface area contributed by atoms with Gasteiger partial charge >= 0.3 is 19.9 Å². The van der Waals surface area contributed by atoms with E-state index in [1.807, 2.05) is 6.92 Å². The highest BCUT2D eigenvalue weighted by molar-refractivity contribution is 7.53. The van der Waals surface area contributed by atoms with Crippen molar-refractivity contribution in [3.8, 4) is 0 Å². The predicted octanol–water partition coefficient (Wildman–Crippen LogP) is 2.72. The molecule has 1 fully saturated rings. The molecule has 0 bridgehead atoms. The maximum Gasteiger partial charge on any atom is 0.510 e. The van der Waals surface area contributed by atoms with Gasteiger partial charge in [-0.05, 0) is 40.0 Å². The highest BCUT2D eigenvalue weighted by Crippen LogP contribution is 2.54. The highest BCUT2D eigenvalue weighted by atomic mass is 31.2. The Labute approximate surface area is 217 Å². The largest absolute Gasteiger partial charge is 0.510 e. The van der Waals surface area contributed by atoms with E-state index in [2.05, 4.69) is 15.0 Å². The van der Waals surface area contributed by atoms with E-state index in [4.69, 9.17) is 38.5 Å². The molecule has 0 spiro atoms. The molecule has 212 valence electrons. The lowest BCUT2D eigenvalue weighted by molar-refractivity contribution is -0.0405. The predicted molar refractivity (Wildman–Crippen MR) is 130 cm³/mol. The molecule has 1 saturated carbocycles. The van der Waals surface area contributed by atoms with E-state index >= 15 is 0 Å². The molecule has 3 N–H and O–H groups in total. The van der Waals surface area contributed by atoms with Crippen molar-refractivity contribution in [2.24, 2.45) is 5.92 Å². The van der Waals surface area contributed by atoms with Crippen LogP contribution in [0.15, 0.2) is 11.1 Å². The Morgan fingerprint density at radius 1 is 1.16 bits per heavy atom. The van der Waals surface area contributed by atoms with Gasteiger partial charge in [-0.2, -0.15) is 4.98 Å². The minimum Gasteiger partial charge on any atom is -0.432 e. The molecule has 0 radical (unpaired) electrons. The number of aromatic amines is 1. The van der Waals surface area contributed by atoms with Crippen LogP contribution in [0.1, 0.15) is 41.0 Å². The average molecular weight is 561 g/mol. The number of anilines is 1. The number of H-pyrrole nitrogens is 1. The highest BCUT2D eigenvalue weighted by Gasteiger charge is 2.54. The van der Waals surface area contributed by atoms with E-state index in [0.29, 0.717) is 6.42 Å². The number of carbonyl (C=O) groups excluding carboxylic acids is 2. The van der Waals surface area contributed by atoms with E-state index in [0.717, 1.165) is 0 Å². The van der Waals surface area contributed by atoms with Gasteiger partial charge in [-0.25, -0.2) is 14.6 Å². The van der Waals surface area contributed by atoms with E-state index in [-0.39, 0.29) is 29.6 Å². The van der Waals surface area contributed by atoms with Crippen LogP contribution in [0.2, 0.25) is 0 Å². The summed E-state index contributed by atoms with van der Waals surface area (Å²) in [6, 6.07) is 0. The van der Waals surface area contributed by atoms with Crippen molar-refractivity contribution in [2.45, 2.75) is 65.4 Å². The van der Waals surface area contributed by atoms with Crippen molar-refractivity contribution < 1.29 is 46.9 Å². The fourth-order valence-electron chi connectivity index (χ4n) is 3.38. The van der Waals surface area contributed by atoms with Crippen molar-refractivity contribution in [2.75, 3.05) is 25.7 Å². The molecule has 1 aliphatic carbocycles. The standard InChI is InChI=1S/C21H32N5O11P/c1-12(2)36-19(28)31-9-34-38(30,35-10-32-20(29)37-13(3)4)11-33-21(6-14(21)5)7-26-8-23-15-16(26)24-18(22)25-17(15)27/h8,12-14H,6-7,9-11H2,1-5H3,(H3,22,24,25,27). The zero-order valence-electron chi connectivity index (χ0n) is 21.7. The minimum absolute atomic E-state index is 0.0160. The first-order valence-corrected chi connectivity index (χ1v) is 13.4. The number of hydrogen-bond donors (Lipinski definition) is 2. The Hall–Kier alpha value is -3.20. The molecule has 17 heteroatoms. The number of aromatic nitrogens is 4. The third-order valence-corrected chi connectivity index (χ3v) is 6.79. The van der Waals surface area contributed by atoms with Gasteiger partial charge < -0.3 is 34.0 Å². The summed E-state index contributed by atoms with van der Waals surface area (Å²) in [7, 11) is -4.14. The summed E-state index contributed by atoms with van der Waals surface area (Å²) in [6.45, 7) is 7.06. The number of imidazole rings is 1. The minimum atomic E-state index is -4.14. The first-order chi connectivity index (χ1) is 17.8. The molecule has 38 heavy (non-hydrogen) atoms. The summed E-state index contributed by atoms with van der Waals surface area (Å²) in [5.41, 5.74) is 4.72. The number of nitrogen functional groups attached to an aromatic ring is 1. The van der Waals surface area contributed by atoms with Crippen LogP contribution in [0.4, 0.5) is 15.5 Å². The van der Waals surface area contributed by atoms with Crippen LogP contribution in [0, 0.1) is 5.92 Å². The van der Waals surface area contributed by atoms with E-state index in [9.17, 15) is 18.9 Å². The lowest BCUT2D eigenvalue weighted by Crippen LogP contribution is -2.26. The molecule has 2 unspecified atom stereocenters. The van der Waals surface area contributed by atoms with Gasteiger partial charge in [-0.3, -0.25) is 23.4 Å². The molecule has 3 rings (SSSR count). The quantitative estimate of drug-likeness (QED) is 0.205. The third kappa shape index (κ3) is 7.90. The molecule has 1 aliphatic rings. The molecule has 0 aromatic carbocycles. The van der Waals surface area contributed by atoms with Crippen molar-refractivity contribution >= 4 is 37.0 Å².